The van der Waals surface area contributed by atoms with Gasteiger partial charge < -0.3 is 14.2 Å². The molecular weight excluding hydrogens is 240 g/mol. The van der Waals surface area contributed by atoms with Crippen molar-refractivity contribution < 1.29 is 23.8 Å². The standard InChI is InChI=1S/C8H14O5S2/c9-7(12-1-3-14)5-11-6-8(10)13-2-4-15/h14-15H,1-6H2. The Hall–Kier alpha value is -0.400. The van der Waals surface area contributed by atoms with Crippen LogP contribution in [0.5, 0.6) is 0 Å². The van der Waals surface area contributed by atoms with E-state index in [1.165, 1.54) is 0 Å². The quantitative estimate of drug-likeness (QED) is 0.470. The molecule has 0 saturated carbocycles. The molecule has 0 aliphatic carbocycles. The minimum absolute atomic E-state index is 0.232. The second-order valence-electron chi connectivity index (χ2n) is 2.38. The molecule has 0 radical (unpaired) electrons. The molecule has 0 heterocycles. The Kier molecular flexibility index (Phi) is 9.86. The van der Waals surface area contributed by atoms with Crippen molar-refractivity contribution in [1.82, 2.24) is 0 Å². The molecule has 0 N–H and O–H groups in total. The zero-order valence-electron chi connectivity index (χ0n) is 8.18. The zero-order chi connectivity index (χ0) is 11.5. The average Bonchev–Trinajstić information content (AvgIpc) is 2.23. The predicted octanol–water partition coefficient (Wildman–Crippen LogP) is -0.0510. The summed E-state index contributed by atoms with van der Waals surface area (Å²) in [5.41, 5.74) is 0. The summed E-state index contributed by atoms with van der Waals surface area (Å²) in [5.74, 6) is -0.136. The fourth-order valence-electron chi connectivity index (χ4n) is 0.620. The summed E-state index contributed by atoms with van der Waals surface area (Å²) in [7, 11) is 0. The Labute approximate surface area is 99.3 Å². The van der Waals surface area contributed by atoms with Crippen molar-refractivity contribution in [3.63, 3.8) is 0 Å². The number of carbonyl (C=O) groups is 2. The van der Waals surface area contributed by atoms with E-state index in [1.54, 1.807) is 0 Å². The first-order valence-electron chi connectivity index (χ1n) is 4.31. The van der Waals surface area contributed by atoms with Crippen LogP contribution in [0.4, 0.5) is 0 Å². The third-order valence-electron chi connectivity index (χ3n) is 1.15. The molecule has 0 aromatic heterocycles. The highest BCUT2D eigenvalue weighted by Crippen LogP contribution is 1.86. The van der Waals surface area contributed by atoms with E-state index in [0.29, 0.717) is 11.5 Å². The highest BCUT2D eigenvalue weighted by molar-refractivity contribution is 7.80. The minimum atomic E-state index is -0.522. The largest absolute Gasteiger partial charge is 0.463 e. The topological polar surface area (TPSA) is 61.8 Å². The van der Waals surface area contributed by atoms with Crippen LogP contribution < -0.4 is 0 Å². The van der Waals surface area contributed by atoms with E-state index in [0.717, 1.165) is 0 Å². The molecular formula is C8H14O5S2. The molecule has 0 aliphatic rings. The third kappa shape index (κ3) is 9.89. The lowest BCUT2D eigenvalue weighted by Gasteiger charge is -2.04. The van der Waals surface area contributed by atoms with E-state index in [4.69, 9.17) is 4.74 Å². The summed E-state index contributed by atoms with van der Waals surface area (Å²) in [6.45, 7) is -0.0572. The molecule has 7 heteroatoms. The number of carbonyl (C=O) groups excluding carboxylic acids is 2. The van der Waals surface area contributed by atoms with Gasteiger partial charge in [0.05, 0.1) is 0 Å². The van der Waals surface area contributed by atoms with Crippen LogP contribution in [-0.2, 0) is 23.8 Å². The molecule has 0 fully saturated rings. The molecule has 0 unspecified atom stereocenters. The van der Waals surface area contributed by atoms with Gasteiger partial charge in [0.1, 0.15) is 26.4 Å². The van der Waals surface area contributed by atoms with Gasteiger partial charge in [0.25, 0.3) is 0 Å². The summed E-state index contributed by atoms with van der Waals surface area (Å²) in [5, 5.41) is 0. The average molecular weight is 254 g/mol. The van der Waals surface area contributed by atoms with Gasteiger partial charge in [0, 0.05) is 11.5 Å². The molecule has 0 bridgehead atoms. The summed E-state index contributed by atoms with van der Waals surface area (Å²) in [6, 6.07) is 0. The first-order chi connectivity index (χ1) is 7.20. The highest BCUT2D eigenvalue weighted by Gasteiger charge is 2.06. The van der Waals surface area contributed by atoms with Gasteiger partial charge in [-0.15, -0.1) is 0 Å². The Morgan fingerprint density at radius 2 is 1.27 bits per heavy atom. The van der Waals surface area contributed by atoms with Crippen molar-refractivity contribution in [3.05, 3.63) is 0 Å². The maximum absolute atomic E-state index is 10.9. The molecule has 88 valence electrons. The van der Waals surface area contributed by atoms with Gasteiger partial charge >= 0.3 is 11.9 Å². The SMILES string of the molecule is O=C(COCC(=O)OCCS)OCCS. The zero-order valence-corrected chi connectivity index (χ0v) is 9.97. The van der Waals surface area contributed by atoms with Crippen LogP contribution in [0.2, 0.25) is 0 Å². The number of thiol groups is 2. The maximum Gasteiger partial charge on any atom is 0.332 e. The fourth-order valence-corrected chi connectivity index (χ4v) is 0.803. The van der Waals surface area contributed by atoms with Crippen LogP contribution in [-0.4, -0.2) is 49.9 Å². The van der Waals surface area contributed by atoms with Gasteiger partial charge in [0.15, 0.2) is 0 Å². The normalized spacial score (nSPS) is 9.73. The Morgan fingerprint density at radius 1 is 0.867 bits per heavy atom. The van der Waals surface area contributed by atoms with Crippen LogP contribution in [0.3, 0.4) is 0 Å². The number of hydrogen-bond donors (Lipinski definition) is 2. The molecule has 5 nitrogen and oxygen atoms in total. The third-order valence-corrected chi connectivity index (χ3v) is 1.51. The van der Waals surface area contributed by atoms with Gasteiger partial charge in [0.2, 0.25) is 0 Å². The van der Waals surface area contributed by atoms with Crippen molar-refractivity contribution >= 4 is 37.2 Å². The van der Waals surface area contributed by atoms with E-state index in [2.05, 4.69) is 34.7 Å². The fraction of sp³-hybridized carbons (Fsp3) is 0.750. The molecule has 15 heavy (non-hydrogen) atoms. The van der Waals surface area contributed by atoms with Gasteiger partial charge in [-0.1, -0.05) is 0 Å². The highest BCUT2D eigenvalue weighted by atomic mass is 32.1. The van der Waals surface area contributed by atoms with Crippen molar-refractivity contribution in [2.75, 3.05) is 37.9 Å². The number of rotatable bonds is 8. The number of hydrogen-bond acceptors (Lipinski definition) is 7. The lowest BCUT2D eigenvalue weighted by molar-refractivity contribution is -0.154. The summed E-state index contributed by atoms with van der Waals surface area (Å²) >= 11 is 7.72. The summed E-state index contributed by atoms with van der Waals surface area (Å²) in [6.07, 6.45) is 0. The van der Waals surface area contributed by atoms with E-state index in [9.17, 15) is 9.59 Å². The van der Waals surface area contributed by atoms with Crippen LogP contribution in [0.15, 0.2) is 0 Å². The summed E-state index contributed by atoms with van der Waals surface area (Å²) in [4.78, 5) is 21.7. The Morgan fingerprint density at radius 3 is 1.60 bits per heavy atom. The van der Waals surface area contributed by atoms with E-state index < -0.39 is 11.9 Å². The van der Waals surface area contributed by atoms with E-state index >= 15 is 0 Å². The van der Waals surface area contributed by atoms with Crippen molar-refractivity contribution in [2.45, 2.75) is 0 Å². The number of esters is 2. The smallest absolute Gasteiger partial charge is 0.332 e. The first kappa shape index (κ1) is 14.6. The minimum Gasteiger partial charge on any atom is -0.463 e. The van der Waals surface area contributed by atoms with Crippen molar-refractivity contribution in [2.24, 2.45) is 0 Å². The molecule has 0 saturated heterocycles. The monoisotopic (exact) mass is 254 g/mol. The van der Waals surface area contributed by atoms with Gasteiger partial charge in [-0.2, -0.15) is 25.3 Å². The summed E-state index contributed by atoms with van der Waals surface area (Å²) < 4.78 is 14.1. The van der Waals surface area contributed by atoms with Crippen LogP contribution in [0, 0.1) is 0 Å². The molecule has 0 atom stereocenters. The maximum atomic E-state index is 10.9. The first-order valence-corrected chi connectivity index (χ1v) is 5.58. The predicted molar refractivity (Wildman–Crippen MR) is 60.4 cm³/mol. The lowest BCUT2D eigenvalue weighted by Crippen LogP contribution is -2.19. The second-order valence-corrected chi connectivity index (χ2v) is 3.28. The molecule has 0 aliphatic heterocycles. The second kappa shape index (κ2) is 10.1. The Balaban J connectivity index is 3.36. The molecule has 0 spiro atoms. The van der Waals surface area contributed by atoms with Crippen molar-refractivity contribution in [1.29, 1.82) is 0 Å². The molecule has 0 rings (SSSR count). The lowest BCUT2D eigenvalue weighted by atomic mass is 10.6. The molecule has 0 aromatic carbocycles. The van der Waals surface area contributed by atoms with Crippen LogP contribution in [0.25, 0.3) is 0 Å². The molecule has 0 amide bonds. The van der Waals surface area contributed by atoms with Gasteiger partial charge in [-0.3, -0.25) is 0 Å². The van der Waals surface area contributed by atoms with E-state index in [1.807, 2.05) is 0 Å². The van der Waals surface area contributed by atoms with Crippen LogP contribution >= 0.6 is 25.3 Å². The van der Waals surface area contributed by atoms with Crippen molar-refractivity contribution in [3.8, 4) is 0 Å². The van der Waals surface area contributed by atoms with Gasteiger partial charge in [-0.05, 0) is 0 Å². The Bertz CT molecular complexity index is 177. The van der Waals surface area contributed by atoms with E-state index in [-0.39, 0.29) is 26.4 Å². The molecule has 0 aromatic rings. The van der Waals surface area contributed by atoms with Gasteiger partial charge in [-0.25, -0.2) is 9.59 Å². The van der Waals surface area contributed by atoms with Crippen LogP contribution in [0.1, 0.15) is 0 Å². The number of ether oxygens (including phenoxy) is 3.